The van der Waals surface area contributed by atoms with E-state index < -0.39 is 12.0 Å². The molecule has 0 radical (unpaired) electrons. The molecule has 1 fully saturated rings. The summed E-state index contributed by atoms with van der Waals surface area (Å²) in [5.41, 5.74) is 0. The molecule has 5 nitrogen and oxygen atoms in total. The first-order valence-electron chi connectivity index (χ1n) is 7.55. The van der Waals surface area contributed by atoms with E-state index in [4.69, 9.17) is 5.11 Å². The molecule has 0 heterocycles. The van der Waals surface area contributed by atoms with Crippen molar-refractivity contribution in [2.24, 2.45) is 5.92 Å². The zero-order valence-electron chi connectivity index (χ0n) is 13.1. The van der Waals surface area contributed by atoms with Crippen molar-refractivity contribution < 1.29 is 14.7 Å². The predicted molar refractivity (Wildman–Crippen MR) is 78.5 cm³/mol. The van der Waals surface area contributed by atoms with E-state index in [0.717, 1.165) is 18.8 Å². The second-order valence-electron chi connectivity index (χ2n) is 6.10. The summed E-state index contributed by atoms with van der Waals surface area (Å²) in [6.45, 7) is 4.25. The van der Waals surface area contributed by atoms with Crippen LogP contribution >= 0.6 is 0 Å². The maximum atomic E-state index is 12.3. The Morgan fingerprint density at radius 1 is 1.20 bits per heavy atom. The highest BCUT2D eigenvalue weighted by Crippen LogP contribution is 2.26. The Kier molecular flexibility index (Phi) is 6.46. The summed E-state index contributed by atoms with van der Waals surface area (Å²) in [5, 5.41) is 9.11. The van der Waals surface area contributed by atoms with Gasteiger partial charge in [-0.1, -0.05) is 13.8 Å². The number of rotatable bonds is 6. The van der Waals surface area contributed by atoms with E-state index in [1.165, 1.54) is 12.8 Å². The van der Waals surface area contributed by atoms with Gasteiger partial charge in [-0.3, -0.25) is 14.5 Å². The van der Waals surface area contributed by atoms with E-state index >= 15 is 0 Å². The van der Waals surface area contributed by atoms with Crippen molar-refractivity contribution >= 4 is 11.9 Å². The lowest BCUT2D eigenvalue weighted by atomic mass is 9.87. The fourth-order valence-electron chi connectivity index (χ4n) is 2.94. The summed E-state index contributed by atoms with van der Waals surface area (Å²) < 4.78 is 0. The molecule has 0 aromatic carbocycles. The van der Waals surface area contributed by atoms with Crippen molar-refractivity contribution in [3.8, 4) is 0 Å². The molecular formula is C15H28N2O3. The van der Waals surface area contributed by atoms with Crippen LogP contribution in [-0.4, -0.2) is 59.5 Å². The first-order chi connectivity index (χ1) is 9.36. The SMILES string of the molecule is CCC(C(=O)O)N(C)CC(=O)N(C)C1CCC(C)CC1. The summed E-state index contributed by atoms with van der Waals surface area (Å²) in [7, 11) is 3.55. The zero-order chi connectivity index (χ0) is 15.3. The molecule has 1 N–H and O–H groups in total. The summed E-state index contributed by atoms with van der Waals surface area (Å²) in [5.74, 6) is -0.0856. The number of carboxylic acid groups (broad SMARTS) is 1. The van der Waals surface area contributed by atoms with Crippen molar-refractivity contribution in [3.63, 3.8) is 0 Å². The Balaban J connectivity index is 2.50. The molecule has 0 bridgehead atoms. The minimum Gasteiger partial charge on any atom is -0.480 e. The van der Waals surface area contributed by atoms with Gasteiger partial charge in [0.15, 0.2) is 0 Å². The molecule has 1 saturated carbocycles. The number of hydrogen-bond acceptors (Lipinski definition) is 3. The van der Waals surface area contributed by atoms with E-state index in [0.29, 0.717) is 12.5 Å². The van der Waals surface area contributed by atoms with Gasteiger partial charge in [0, 0.05) is 13.1 Å². The Morgan fingerprint density at radius 3 is 2.20 bits per heavy atom. The van der Waals surface area contributed by atoms with Crippen LogP contribution in [0.25, 0.3) is 0 Å². The van der Waals surface area contributed by atoms with Crippen LogP contribution in [-0.2, 0) is 9.59 Å². The van der Waals surface area contributed by atoms with Crippen LogP contribution in [0.2, 0.25) is 0 Å². The molecule has 5 heteroatoms. The Bertz CT molecular complexity index is 338. The molecule has 1 atom stereocenters. The highest BCUT2D eigenvalue weighted by Gasteiger charge is 2.27. The molecule has 116 valence electrons. The molecule has 0 saturated heterocycles. The van der Waals surface area contributed by atoms with Gasteiger partial charge in [-0.05, 0) is 45.1 Å². The number of hydrogen-bond donors (Lipinski definition) is 1. The number of carbonyl (C=O) groups is 2. The van der Waals surface area contributed by atoms with Gasteiger partial charge in [0.1, 0.15) is 6.04 Å². The molecule has 0 aliphatic heterocycles. The van der Waals surface area contributed by atoms with Crippen LogP contribution < -0.4 is 0 Å². The minimum atomic E-state index is -0.864. The molecule has 1 aliphatic carbocycles. The highest BCUT2D eigenvalue weighted by atomic mass is 16.4. The van der Waals surface area contributed by atoms with E-state index in [-0.39, 0.29) is 12.5 Å². The molecule has 0 aromatic rings. The summed E-state index contributed by atoms with van der Waals surface area (Å²) in [6.07, 6.45) is 4.96. The monoisotopic (exact) mass is 284 g/mol. The van der Waals surface area contributed by atoms with Crippen molar-refractivity contribution in [2.75, 3.05) is 20.6 Å². The minimum absolute atomic E-state index is 0.0201. The van der Waals surface area contributed by atoms with E-state index in [2.05, 4.69) is 6.92 Å². The molecule has 0 aromatic heterocycles. The molecular weight excluding hydrogens is 256 g/mol. The molecule has 1 aliphatic rings. The number of nitrogens with zero attached hydrogens (tertiary/aromatic N) is 2. The topological polar surface area (TPSA) is 60.9 Å². The number of carbonyl (C=O) groups excluding carboxylic acids is 1. The van der Waals surface area contributed by atoms with E-state index in [9.17, 15) is 9.59 Å². The van der Waals surface area contributed by atoms with E-state index in [1.807, 2.05) is 18.9 Å². The quantitative estimate of drug-likeness (QED) is 0.808. The summed E-state index contributed by atoms with van der Waals surface area (Å²) >= 11 is 0. The lowest BCUT2D eigenvalue weighted by Crippen LogP contribution is -2.47. The average Bonchev–Trinajstić information content (AvgIpc) is 2.39. The van der Waals surface area contributed by atoms with Gasteiger partial charge in [-0.2, -0.15) is 0 Å². The van der Waals surface area contributed by atoms with Crippen LogP contribution in [0.3, 0.4) is 0 Å². The third-order valence-electron chi connectivity index (χ3n) is 4.51. The van der Waals surface area contributed by atoms with Crippen LogP contribution in [0, 0.1) is 5.92 Å². The van der Waals surface area contributed by atoms with Gasteiger partial charge >= 0.3 is 5.97 Å². The van der Waals surface area contributed by atoms with Gasteiger partial charge < -0.3 is 10.0 Å². The molecule has 1 rings (SSSR count). The van der Waals surface area contributed by atoms with Crippen LogP contribution in [0.4, 0.5) is 0 Å². The molecule has 20 heavy (non-hydrogen) atoms. The van der Waals surface area contributed by atoms with Crippen LogP contribution in [0.1, 0.15) is 46.0 Å². The highest BCUT2D eigenvalue weighted by molar-refractivity contribution is 5.80. The number of likely N-dealkylation sites (N-methyl/N-ethyl adjacent to an activating group) is 2. The lowest BCUT2D eigenvalue weighted by molar-refractivity contribution is -0.144. The largest absolute Gasteiger partial charge is 0.480 e. The maximum absolute atomic E-state index is 12.3. The first kappa shape index (κ1) is 17.0. The molecule has 1 unspecified atom stereocenters. The second-order valence-corrected chi connectivity index (χ2v) is 6.10. The maximum Gasteiger partial charge on any atom is 0.320 e. The number of amides is 1. The predicted octanol–water partition coefficient (Wildman–Crippen LogP) is 1.82. The molecule has 1 amide bonds. The second kappa shape index (κ2) is 7.62. The molecule has 0 spiro atoms. The van der Waals surface area contributed by atoms with Gasteiger partial charge in [-0.25, -0.2) is 0 Å². The van der Waals surface area contributed by atoms with Gasteiger partial charge in [0.25, 0.3) is 0 Å². The van der Waals surface area contributed by atoms with Crippen LogP contribution in [0.5, 0.6) is 0 Å². The first-order valence-corrected chi connectivity index (χ1v) is 7.55. The number of aliphatic carboxylic acids is 1. The van der Waals surface area contributed by atoms with Gasteiger partial charge in [0.2, 0.25) is 5.91 Å². The standard InChI is InChI=1S/C15H28N2O3/c1-5-13(15(19)20)16(3)10-14(18)17(4)12-8-6-11(2)7-9-12/h11-13H,5-10H2,1-4H3,(H,19,20). The van der Waals surface area contributed by atoms with Crippen molar-refractivity contribution in [1.29, 1.82) is 0 Å². The Labute approximate surface area is 121 Å². The lowest BCUT2D eigenvalue weighted by Gasteiger charge is -2.35. The van der Waals surface area contributed by atoms with Crippen molar-refractivity contribution in [2.45, 2.75) is 58.0 Å². The number of carboxylic acids is 1. The summed E-state index contributed by atoms with van der Waals surface area (Å²) in [6, 6.07) is -0.268. The van der Waals surface area contributed by atoms with Crippen molar-refractivity contribution in [3.05, 3.63) is 0 Å². The average molecular weight is 284 g/mol. The van der Waals surface area contributed by atoms with Gasteiger partial charge in [0.05, 0.1) is 6.54 Å². The van der Waals surface area contributed by atoms with E-state index in [1.54, 1.807) is 11.9 Å². The smallest absolute Gasteiger partial charge is 0.320 e. The normalized spacial score (nSPS) is 24.4. The summed E-state index contributed by atoms with van der Waals surface area (Å²) in [4.78, 5) is 26.8. The van der Waals surface area contributed by atoms with Crippen LogP contribution in [0.15, 0.2) is 0 Å². The third-order valence-corrected chi connectivity index (χ3v) is 4.51. The fourth-order valence-corrected chi connectivity index (χ4v) is 2.94. The third kappa shape index (κ3) is 4.47. The fraction of sp³-hybridized carbons (Fsp3) is 0.867. The van der Waals surface area contributed by atoms with Gasteiger partial charge in [-0.15, -0.1) is 0 Å². The Hall–Kier alpha value is -1.10. The Morgan fingerprint density at radius 2 is 1.75 bits per heavy atom. The van der Waals surface area contributed by atoms with Crippen molar-refractivity contribution in [1.82, 2.24) is 9.80 Å². The zero-order valence-corrected chi connectivity index (χ0v) is 13.1.